The molecule has 29 heavy (non-hydrogen) atoms. The number of hydrogen-bond donors (Lipinski definition) is 2. The largest absolute Gasteiger partial charge is 0.465 e. The van der Waals surface area contributed by atoms with Gasteiger partial charge < -0.3 is 10.6 Å². The minimum absolute atomic E-state index is 0.0296. The van der Waals surface area contributed by atoms with Gasteiger partial charge in [-0.1, -0.05) is 13.8 Å². The number of hydrazine groups is 1. The minimum Gasteiger partial charge on any atom is -0.465 e. The summed E-state index contributed by atoms with van der Waals surface area (Å²) in [4.78, 5) is 18.3. The zero-order chi connectivity index (χ0) is 21.7. The van der Waals surface area contributed by atoms with Gasteiger partial charge in [-0.15, -0.1) is 11.3 Å². The van der Waals surface area contributed by atoms with Crippen LogP contribution in [0.5, 0.6) is 0 Å². The van der Waals surface area contributed by atoms with Crippen LogP contribution in [0, 0.1) is 6.92 Å². The van der Waals surface area contributed by atoms with Crippen molar-refractivity contribution < 1.29 is 18.3 Å². The monoisotopic (exact) mass is 424 g/mol. The summed E-state index contributed by atoms with van der Waals surface area (Å²) >= 11 is 1.52. The van der Waals surface area contributed by atoms with Crippen molar-refractivity contribution >= 4 is 34.5 Å². The first-order chi connectivity index (χ1) is 13.9. The van der Waals surface area contributed by atoms with E-state index in [4.69, 9.17) is 16.4 Å². The Kier molecular flexibility index (Phi) is 7.23. The molecule has 0 aromatic carbocycles. The molecule has 0 aliphatic carbocycles. The molecule has 8 nitrogen and oxygen atoms in total. The predicted octanol–water partition coefficient (Wildman–Crippen LogP) is 3.40. The molecule has 0 saturated carbocycles. The Balaban J connectivity index is 0.00000145. The Labute approximate surface area is 170 Å². The summed E-state index contributed by atoms with van der Waals surface area (Å²) in [6.45, 7) is 5.96. The van der Waals surface area contributed by atoms with Gasteiger partial charge in [0.25, 0.3) is 6.43 Å². The normalized spacial score (nSPS) is 11.4. The maximum atomic E-state index is 13.2. The van der Waals surface area contributed by atoms with Crippen molar-refractivity contribution in [3.8, 4) is 10.6 Å². The second-order valence-corrected chi connectivity index (χ2v) is 6.80. The Hall–Kier alpha value is -3.05. The van der Waals surface area contributed by atoms with Crippen molar-refractivity contribution in [1.29, 1.82) is 0 Å². The zero-order valence-corrected chi connectivity index (χ0v) is 17.2. The predicted molar refractivity (Wildman–Crippen MR) is 110 cm³/mol. The van der Waals surface area contributed by atoms with Crippen LogP contribution < -0.4 is 16.7 Å². The van der Waals surface area contributed by atoms with Gasteiger partial charge in [0, 0.05) is 11.1 Å². The minimum atomic E-state index is -3.02. The van der Waals surface area contributed by atoms with Gasteiger partial charge >= 0.3 is 5.97 Å². The second-order valence-electron chi connectivity index (χ2n) is 5.51. The Morgan fingerprint density at radius 3 is 2.59 bits per heavy atom. The number of nitrogens with two attached hydrogens (primary N) is 2. The highest BCUT2D eigenvalue weighted by atomic mass is 32.1. The highest BCUT2D eigenvalue weighted by molar-refractivity contribution is 7.15. The van der Waals surface area contributed by atoms with Gasteiger partial charge in [0.1, 0.15) is 5.69 Å². The molecule has 3 aromatic heterocycles. The average Bonchev–Trinajstić information content (AvgIpc) is 3.34. The number of ether oxygens (including phenoxy) is 1. The van der Waals surface area contributed by atoms with Gasteiger partial charge in [0.05, 0.1) is 29.4 Å². The van der Waals surface area contributed by atoms with Gasteiger partial charge in [-0.05, 0) is 25.1 Å². The molecule has 0 aliphatic heterocycles. The van der Waals surface area contributed by atoms with E-state index < -0.39 is 18.2 Å². The van der Waals surface area contributed by atoms with Gasteiger partial charge in [0.15, 0.2) is 5.65 Å². The number of esters is 1. The number of alkyl halides is 2. The zero-order valence-electron chi connectivity index (χ0n) is 16.4. The number of methoxy groups -OCH3 is 1. The van der Waals surface area contributed by atoms with Crippen LogP contribution in [-0.4, -0.2) is 34.7 Å². The molecule has 3 aromatic rings. The van der Waals surface area contributed by atoms with Gasteiger partial charge in [-0.2, -0.15) is 5.10 Å². The van der Waals surface area contributed by atoms with E-state index in [2.05, 4.69) is 10.1 Å². The number of carbonyl (C=O) groups is 1. The van der Waals surface area contributed by atoms with E-state index in [0.29, 0.717) is 10.7 Å². The standard InChI is InChI=1S/C16H16F2N6O2S.C2H6/c1-8-3-4-12(27-8)11-6-21-14-10(24(20)15(22-19)13(17)18)5-9(7-23(11)14)16(25)26-2;1-2/h3-7,13H,19-20H2,1-2H3;1-2H3/b22-15-;. The van der Waals surface area contributed by atoms with E-state index in [0.717, 1.165) is 9.75 Å². The van der Waals surface area contributed by atoms with Crippen molar-refractivity contribution in [3.05, 3.63) is 41.0 Å². The van der Waals surface area contributed by atoms with Crippen molar-refractivity contribution in [3.63, 3.8) is 0 Å². The number of thiophene rings is 1. The summed E-state index contributed by atoms with van der Waals surface area (Å²) in [5.41, 5.74) is 1.07. The summed E-state index contributed by atoms with van der Waals surface area (Å²) in [6, 6.07) is 5.14. The topological polar surface area (TPSA) is 111 Å². The number of rotatable bonds is 4. The third kappa shape index (κ3) is 4.35. The first-order valence-electron chi connectivity index (χ1n) is 8.64. The average molecular weight is 424 g/mol. The van der Waals surface area contributed by atoms with E-state index in [1.165, 1.54) is 30.7 Å². The van der Waals surface area contributed by atoms with E-state index in [1.807, 2.05) is 32.9 Å². The number of hydrogen-bond acceptors (Lipinski definition) is 7. The molecule has 0 atom stereocenters. The fourth-order valence-electron chi connectivity index (χ4n) is 2.58. The fourth-order valence-corrected chi connectivity index (χ4v) is 3.45. The number of nitrogens with zero attached hydrogens (tertiary/aromatic N) is 4. The van der Waals surface area contributed by atoms with Gasteiger partial charge in [0.2, 0.25) is 5.84 Å². The molecular formula is C18H22F2N6O2S. The number of hydrazone groups is 1. The van der Waals surface area contributed by atoms with E-state index in [9.17, 15) is 13.6 Å². The smallest absolute Gasteiger partial charge is 0.339 e. The SMILES string of the molecule is CC.COC(=O)c1cc(N(N)/C(=N\N)C(F)F)c2ncc(-c3ccc(C)s3)n2c1. The fraction of sp³-hybridized carbons (Fsp3) is 0.278. The Bertz CT molecular complexity index is 1030. The maximum absolute atomic E-state index is 13.2. The molecule has 0 fully saturated rings. The van der Waals surface area contributed by atoms with Crippen molar-refractivity contribution in [2.24, 2.45) is 16.8 Å². The molecule has 3 heterocycles. The molecule has 0 bridgehead atoms. The molecule has 4 N–H and O–H groups in total. The quantitative estimate of drug-likeness (QED) is 0.218. The number of pyridine rings is 1. The van der Waals surface area contributed by atoms with Crippen LogP contribution in [0.25, 0.3) is 16.2 Å². The lowest BCUT2D eigenvalue weighted by atomic mass is 10.2. The van der Waals surface area contributed by atoms with Crippen LogP contribution in [0.1, 0.15) is 29.1 Å². The third-order valence-corrected chi connectivity index (χ3v) is 4.86. The molecule has 11 heteroatoms. The number of anilines is 1. The lowest BCUT2D eigenvalue weighted by molar-refractivity contribution is 0.0600. The number of carbonyl (C=O) groups excluding carboxylic acids is 1. The lowest BCUT2D eigenvalue weighted by Gasteiger charge is -2.20. The van der Waals surface area contributed by atoms with Crippen molar-refractivity contribution in [2.75, 3.05) is 12.1 Å². The summed E-state index contributed by atoms with van der Waals surface area (Å²) in [6.07, 6.45) is 0.0641. The number of fused-ring (bicyclic) bond motifs is 1. The number of amidine groups is 1. The summed E-state index contributed by atoms with van der Waals surface area (Å²) < 4.78 is 32.7. The van der Waals surface area contributed by atoms with Crippen LogP contribution in [0.4, 0.5) is 14.5 Å². The second kappa shape index (κ2) is 9.43. The van der Waals surface area contributed by atoms with E-state index >= 15 is 0 Å². The molecule has 156 valence electrons. The van der Waals surface area contributed by atoms with Crippen LogP contribution in [-0.2, 0) is 4.74 Å². The molecule has 0 radical (unpaired) electrons. The van der Waals surface area contributed by atoms with E-state index in [-0.39, 0.29) is 16.9 Å². The van der Waals surface area contributed by atoms with E-state index in [1.54, 1.807) is 10.6 Å². The maximum Gasteiger partial charge on any atom is 0.339 e. The first-order valence-corrected chi connectivity index (χ1v) is 9.46. The van der Waals surface area contributed by atoms with Crippen molar-refractivity contribution in [2.45, 2.75) is 27.2 Å². The number of imidazole rings is 1. The van der Waals surface area contributed by atoms with Crippen LogP contribution in [0.2, 0.25) is 0 Å². The Morgan fingerprint density at radius 1 is 1.38 bits per heavy atom. The summed E-state index contributed by atoms with van der Waals surface area (Å²) in [5.74, 6) is 9.35. The number of halogens is 2. The molecule has 0 saturated heterocycles. The lowest BCUT2D eigenvalue weighted by Crippen LogP contribution is -2.42. The Morgan fingerprint density at radius 2 is 2.07 bits per heavy atom. The summed E-state index contributed by atoms with van der Waals surface area (Å²) in [7, 11) is 1.22. The first kappa shape index (κ1) is 22.2. The van der Waals surface area contributed by atoms with Crippen LogP contribution in [0.15, 0.2) is 35.7 Å². The molecule has 0 amide bonds. The highest BCUT2D eigenvalue weighted by Gasteiger charge is 2.25. The number of aryl methyl sites for hydroxylation is 1. The molecule has 0 unspecified atom stereocenters. The summed E-state index contributed by atoms with van der Waals surface area (Å²) in [5, 5.41) is 3.66. The molecule has 0 aliphatic rings. The van der Waals surface area contributed by atoms with Gasteiger partial charge in [-0.25, -0.2) is 24.4 Å². The van der Waals surface area contributed by atoms with Crippen LogP contribution >= 0.6 is 11.3 Å². The van der Waals surface area contributed by atoms with Crippen LogP contribution in [0.3, 0.4) is 0 Å². The molecule has 3 rings (SSSR count). The molecule has 0 spiro atoms. The highest BCUT2D eigenvalue weighted by Crippen LogP contribution is 2.32. The number of aromatic nitrogens is 2. The van der Waals surface area contributed by atoms with Gasteiger partial charge in [-0.3, -0.25) is 9.41 Å². The third-order valence-electron chi connectivity index (χ3n) is 3.83. The van der Waals surface area contributed by atoms with Crippen molar-refractivity contribution in [1.82, 2.24) is 9.38 Å². The molecular weight excluding hydrogens is 402 g/mol.